The summed E-state index contributed by atoms with van der Waals surface area (Å²) in [6, 6.07) is 18.2. The van der Waals surface area contributed by atoms with E-state index in [1.165, 1.54) is 54.9 Å². The fourth-order valence-corrected chi connectivity index (χ4v) is 4.23. The molecule has 3 heteroatoms. The van der Waals surface area contributed by atoms with E-state index in [1.807, 2.05) is 0 Å². The van der Waals surface area contributed by atoms with Gasteiger partial charge in [0.1, 0.15) is 0 Å². The summed E-state index contributed by atoms with van der Waals surface area (Å²) < 4.78 is 0. The van der Waals surface area contributed by atoms with Crippen LogP contribution in [0.1, 0.15) is 72.9 Å². The van der Waals surface area contributed by atoms with Crippen LogP contribution in [0.3, 0.4) is 0 Å². The quantitative estimate of drug-likeness (QED) is 0.166. The fourth-order valence-electron chi connectivity index (χ4n) is 4.23. The maximum Gasteiger partial charge on any atom is -0.0308 e. The molecule has 0 heterocycles. The summed E-state index contributed by atoms with van der Waals surface area (Å²) in [5.74, 6) is 1.22. The van der Waals surface area contributed by atoms with E-state index < -0.39 is 0 Å². The van der Waals surface area contributed by atoms with Gasteiger partial charge in [0.05, 0.1) is 0 Å². The zero-order valence-corrected chi connectivity index (χ0v) is 27.1. The van der Waals surface area contributed by atoms with Gasteiger partial charge in [-0.25, -0.2) is 0 Å². The van der Waals surface area contributed by atoms with Gasteiger partial charge in [0.25, 0.3) is 0 Å². The Morgan fingerprint density at radius 1 is 0.706 bits per heavy atom. The number of aryl methyl sites for hydroxylation is 4. The molecule has 0 aliphatic carbocycles. The fraction of sp³-hybridized carbons (Fsp3) is 0.387. The first kappa shape index (κ1) is 31.1. The normalized spacial score (nSPS) is 10.4. The average molecular weight is 569 g/mol. The van der Waals surface area contributed by atoms with Crippen LogP contribution in [-0.2, 0) is 23.3 Å². The topological polar surface area (TPSA) is 0 Å². The molecule has 0 saturated carbocycles. The van der Waals surface area contributed by atoms with Crippen LogP contribution in [0.15, 0.2) is 48.5 Å². The van der Waals surface area contributed by atoms with Crippen molar-refractivity contribution >= 4 is 38.6 Å². The predicted octanol–water partition coefficient (Wildman–Crippen LogP) is 10.4. The molecular formula is C31H42ClSiZr-3. The van der Waals surface area contributed by atoms with Crippen LogP contribution in [0.4, 0.5) is 0 Å². The van der Waals surface area contributed by atoms with E-state index in [-0.39, 0.29) is 5.43 Å². The molecule has 0 aliphatic heterocycles. The standard InChI is InChI=1S/2C14H17.C2H6Si.CH2Cl.Zr/c2*1-9(2)12-6-5-11(4)13-7-10(3)8-14(12)13;1-3-2;1-2;/h2*5-9H,1-4H3;1-2H3;1H2;/q2*-1;;-1;. The van der Waals surface area contributed by atoms with Crippen molar-refractivity contribution in [3.05, 3.63) is 88.3 Å². The molecule has 0 radical (unpaired) electrons. The molecule has 4 aromatic rings. The largest absolute Gasteiger partial charge is 0.352 e. The van der Waals surface area contributed by atoms with E-state index in [2.05, 4.69) is 135 Å². The van der Waals surface area contributed by atoms with Crippen LogP contribution < -0.4 is 0 Å². The summed E-state index contributed by atoms with van der Waals surface area (Å²) in [5, 5.41) is 5.73. The molecule has 0 bridgehead atoms. The first-order chi connectivity index (χ1) is 15.9. The minimum Gasteiger partial charge on any atom is -0.352 e. The summed E-state index contributed by atoms with van der Waals surface area (Å²) in [4.78, 5) is 0. The molecular weight excluding hydrogens is 527 g/mol. The summed E-state index contributed by atoms with van der Waals surface area (Å²) in [6.07, 6.45) is 2.72. The Kier molecular flexibility index (Phi) is 13.3. The van der Waals surface area contributed by atoms with E-state index in [0.29, 0.717) is 11.8 Å². The van der Waals surface area contributed by atoms with Crippen LogP contribution in [0.2, 0.25) is 13.1 Å². The molecule has 184 valence electrons. The SMILES string of the molecule is C[Si](C)=[Zr].Cc1cc2c(C(C)C)ccc(C)c2[cH-]1.Cc1cc2c(C(C)C)ccc(C)c2[cH-]1.[CH2-]Cl. The number of fused-ring (bicyclic) bond motifs is 2. The number of hydrogen-bond acceptors (Lipinski definition) is 0. The third kappa shape index (κ3) is 8.61. The Morgan fingerprint density at radius 3 is 1.26 bits per heavy atom. The molecule has 0 unspecified atom stereocenters. The molecule has 0 nitrogen and oxygen atoms in total. The van der Waals surface area contributed by atoms with Crippen molar-refractivity contribution in [2.75, 3.05) is 0 Å². The minimum atomic E-state index is 0.210. The molecule has 0 N–H and O–H groups in total. The second-order valence-corrected chi connectivity index (χ2v) is 19.3. The molecule has 34 heavy (non-hydrogen) atoms. The van der Waals surface area contributed by atoms with Crippen LogP contribution in [0.25, 0.3) is 21.5 Å². The van der Waals surface area contributed by atoms with Gasteiger partial charge in [-0.1, -0.05) is 78.6 Å². The van der Waals surface area contributed by atoms with E-state index >= 15 is 0 Å². The van der Waals surface area contributed by atoms with Gasteiger partial charge in [-0.15, -0.1) is 68.1 Å². The van der Waals surface area contributed by atoms with Crippen molar-refractivity contribution < 1.29 is 23.3 Å². The third-order valence-corrected chi connectivity index (χ3v) is 5.81. The summed E-state index contributed by atoms with van der Waals surface area (Å²) in [6.45, 7) is 22.4. The first-order valence-electron chi connectivity index (χ1n) is 12.0. The maximum absolute atomic E-state index is 4.39. The van der Waals surface area contributed by atoms with Crippen molar-refractivity contribution in [1.29, 1.82) is 0 Å². The van der Waals surface area contributed by atoms with Gasteiger partial charge in [-0.3, -0.25) is 6.38 Å². The number of benzene rings is 2. The van der Waals surface area contributed by atoms with Gasteiger partial charge < -0.3 is 11.6 Å². The molecule has 0 aromatic heterocycles. The number of rotatable bonds is 2. The predicted molar refractivity (Wildman–Crippen MR) is 155 cm³/mol. The van der Waals surface area contributed by atoms with E-state index in [4.69, 9.17) is 0 Å². The van der Waals surface area contributed by atoms with Crippen molar-refractivity contribution in [1.82, 2.24) is 0 Å². The van der Waals surface area contributed by atoms with Crippen LogP contribution in [0, 0.1) is 34.1 Å². The molecule has 4 aromatic carbocycles. The van der Waals surface area contributed by atoms with Crippen LogP contribution in [-0.4, -0.2) is 5.43 Å². The Bertz CT molecular complexity index is 1110. The summed E-state index contributed by atoms with van der Waals surface area (Å²) >= 11 is 6.13. The monoisotopic (exact) mass is 567 g/mol. The molecule has 0 aliphatic rings. The second kappa shape index (κ2) is 14.6. The Labute approximate surface area is 229 Å². The van der Waals surface area contributed by atoms with Crippen molar-refractivity contribution in [3.63, 3.8) is 0 Å². The van der Waals surface area contributed by atoms with Gasteiger partial charge in [0, 0.05) is 0 Å². The Balaban J connectivity index is 0.000000277. The van der Waals surface area contributed by atoms with Gasteiger partial charge >= 0.3 is 41.9 Å². The Hall–Kier alpha value is -0.950. The summed E-state index contributed by atoms with van der Waals surface area (Å²) in [5.41, 5.74) is 8.67. The molecule has 0 spiro atoms. The van der Waals surface area contributed by atoms with E-state index in [9.17, 15) is 0 Å². The zero-order chi connectivity index (χ0) is 26.2. The second-order valence-electron chi connectivity index (χ2n) is 9.97. The van der Waals surface area contributed by atoms with Crippen molar-refractivity contribution in [2.45, 2.75) is 80.3 Å². The van der Waals surface area contributed by atoms with Crippen LogP contribution >= 0.6 is 11.6 Å². The third-order valence-electron chi connectivity index (χ3n) is 5.81. The van der Waals surface area contributed by atoms with Gasteiger partial charge in [0.15, 0.2) is 0 Å². The first-order valence-corrected chi connectivity index (χ1v) is 18.8. The Morgan fingerprint density at radius 2 is 1.00 bits per heavy atom. The molecule has 0 amide bonds. The van der Waals surface area contributed by atoms with Crippen molar-refractivity contribution in [2.24, 2.45) is 0 Å². The zero-order valence-electron chi connectivity index (χ0n) is 22.9. The molecule has 4 rings (SSSR count). The van der Waals surface area contributed by atoms with E-state index in [0.717, 1.165) is 0 Å². The van der Waals surface area contributed by atoms with Crippen LogP contribution in [0.5, 0.6) is 0 Å². The van der Waals surface area contributed by atoms with Gasteiger partial charge in [-0.2, -0.15) is 12.1 Å². The number of halogens is 1. The van der Waals surface area contributed by atoms with E-state index in [1.54, 1.807) is 23.3 Å². The van der Waals surface area contributed by atoms with Gasteiger partial charge in [0.2, 0.25) is 0 Å². The van der Waals surface area contributed by atoms with Gasteiger partial charge in [-0.05, 0) is 11.8 Å². The molecule has 0 fully saturated rings. The van der Waals surface area contributed by atoms with Crippen molar-refractivity contribution in [3.8, 4) is 0 Å². The molecule has 0 saturated heterocycles. The summed E-state index contributed by atoms with van der Waals surface area (Å²) in [7, 11) is 0. The maximum atomic E-state index is 4.39. The molecule has 0 atom stereocenters. The number of hydrogen-bond donors (Lipinski definition) is 0. The smallest absolute Gasteiger partial charge is 0.0308 e. The average Bonchev–Trinajstić information content (AvgIpc) is 3.33. The minimum absolute atomic E-state index is 0.210.